The number of hydroxylamine groups is 2. The van der Waals surface area contributed by atoms with E-state index in [1.165, 1.54) is 31.4 Å². The molecular formula is C23H24FN3O5. The van der Waals surface area contributed by atoms with E-state index in [-0.39, 0.29) is 24.2 Å². The second-order valence-corrected chi connectivity index (χ2v) is 7.81. The van der Waals surface area contributed by atoms with Crippen molar-refractivity contribution in [2.24, 2.45) is 5.92 Å². The van der Waals surface area contributed by atoms with E-state index in [9.17, 15) is 18.8 Å². The molecule has 32 heavy (non-hydrogen) atoms. The summed E-state index contributed by atoms with van der Waals surface area (Å²) in [7, 11) is 2.97. The Labute approximate surface area is 184 Å². The van der Waals surface area contributed by atoms with Crippen molar-refractivity contribution >= 4 is 17.7 Å². The summed E-state index contributed by atoms with van der Waals surface area (Å²) in [5.74, 6) is -1.54. The molecule has 2 aromatic carbocycles. The fourth-order valence-electron chi connectivity index (χ4n) is 4.14. The number of carbonyl (C=O) groups is 3. The molecule has 0 aliphatic carbocycles. The number of amides is 3. The van der Waals surface area contributed by atoms with Gasteiger partial charge in [-0.15, -0.1) is 0 Å². The van der Waals surface area contributed by atoms with Crippen LogP contribution in [0.1, 0.15) is 17.2 Å². The summed E-state index contributed by atoms with van der Waals surface area (Å²) in [6.07, 6.45) is -0.421. The van der Waals surface area contributed by atoms with Gasteiger partial charge in [0.2, 0.25) is 11.8 Å². The lowest BCUT2D eigenvalue weighted by Gasteiger charge is -2.26. The average Bonchev–Trinajstić information content (AvgIpc) is 3.26. The number of hydrogen-bond donors (Lipinski definition) is 1. The van der Waals surface area contributed by atoms with Crippen LogP contribution in [-0.2, 0) is 25.6 Å². The summed E-state index contributed by atoms with van der Waals surface area (Å²) in [6.45, 7) is 0.207. The van der Waals surface area contributed by atoms with Crippen LogP contribution in [0.4, 0.5) is 4.39 Å². The first-order valence-corrected chi connectivity index (χ1v) is 10.3. The first-order chi connectivity index (χ1) is 15.4. The maximum absolute atomic E-state index is 13.0. The molecule has 168 valence electrons. The number of benzene rings is 2. The van der Waals surface area contributed by atoms with Gasteiger partial charge in [0, 0.05) is 13.6 Å². The molecule has 8 nitrogen and oxygen atoms in total. The monoisotopic (exact) mass is 441 g/mol. The SMILES string of the molecule is COc1cccc(C2C3C(=O)N(C)C(=O)C3ON2CC(=O)NCCc2ccc(F)cc2)c1. The molecule has 2 aliphatic heterocycles. The van der Waals surface area contributed by atoms with Crippen molar-refractivity contribution in [2.45, 2.75) is 18.6 Å². The molecule has 2 saturated heterocycles. The van der Waals surface area contributed by atoms with Crippen molar-refractivity contribution in [1.29, 1.82) is 0 Å². The molecule has 2 aliphatic rings. The van der Waals surface area contributed by atoms with Gasteiger partial charge in [0.25, 0.3) is 5.91 Å². The Balaban J connectivity index is 1.47. The number of rotatable bonds is 7. The quantitative estimate of drug-likeness (QED) is 0.655. The molecule has 2 aromatic rings. The van der Waals surface area contributed by atoms with Crippen molar-refractivity contribution in [3.8, 4) is 5.75 Å². The number of carbonyl (C=O) groups excluding carboxylic acids is 3. The molecule has 9 heteroatoms. The number of ether oxygens (including phenoxy) is 1. The third-order valence-corrected chi connectivity index (χ3v) is 5.80. The lowest BCUT2D eigenvalue weighted by atomic mass is 9.90. The third-order valence-electron chi connectivity index (χ3n) is 5.80. The summed E-state index contributed by atoms with van der Waals surface area (Å²) in [5.41, 5.74) is 1.61. The van der Waals surface area contributed by atoms with Gasteiger partial charge in [0.15, 0.2) is 6.10 Å². The number of likely N-dealkylation sites (tertiary alicyclic amines) is 1. The van der Waals surface area contributed by atoms with Crippen molar-refractivity contribution in [3.05, 3.63) is 65.5 Å². The highest BCUT2D eigenvalue weighted by molar-refractivity contribution is 6.07. The van der Waals surface area contributed by atoms with Crippen LogP contribution in [0.5, 0.6) is 5.75 Å². The van der Waals surface area contributed by atoms with E-state index >= 15 is 0 Å². The molecule has 0 aromatic heterocycles. The minimum Gasteiger partial charge on any atom is -0.497 e. The van der Waals surface area contributed by atoms with Gasteiger partial charge in [-0.05, 0) is 41.8 Å². The fraction of sp³-hybridized carbons (Fsp3) is 0.348. The first kappa shape index (κ1) is 21.9. The molecular weight excluding hydrogens is 417 g/mol. The number of nitrogens with zero attached hydrogens (tertiary/aromatic N) is 2. The van der Waals surface area contributed by atoms with Crippen LogP contribution in [0.3, 0.4) is 0 Å². The van der Waals surface area contributed by atoms with Gasteiger partial charge in [0.05, 0.1) is 19.1 Å². The van der Waals surface area contributed by atoms with Gasteiger partial charge >= 0.3 is 0 Å². The number of halogens is 1. The fourth-order valence-corrected chi connectivity index (χ4v) is 4.14. The summed E-state index contributed by atoms with van der Waals surface area (Å²) in [4.78, 5) is 44.7. The lowest BCUT2D eigenvalue weighted by Crippen LogP contribution is -2.40. The third kappa shape index (κ3) is 4.21. The minimum absolute atomic E-state index is 0.150. The minimum atomic E-state index is -0.962. The van der Waals surface area contributed by atoms with Crippen molar-refractivity contribution in [2.75, 3.05) is 27.2 Å². The first-order valence-electron chi connectivity index (χ1n) is 10.3. The second kappa shape index (κ2) is 9.05. The van der Waals surface area contributed by atoms with Crippen LogP contribution in [0.25, 0.3) is 0 Å². The summed E-state index contributed by atoms with van der Waals surface area (Å²) in [5, 5.41) is 4.21. The highest BCUT2D eigenvalue weighted by atomic mass is 19.1. The van der Waals surface area contributed by atoms with E-state index in [1.54, 1.807) is 30.3 Å². The second-order valence-electron chi connectivity index (χ2n) is 7.81. The van der Waals surface area contributed by atoms with E-state index < -0.39 is 24.0 Å². The summed E-state index contributed by atoms with van der Waals surface area (Å²) < 4.78 is 18.3. The Hall–Kier alpha value is -3.30. The van der Waals surface area contributed by atoms with Gasteiger partial charge < -0.3 is 10.1 Å². The highest BCUT2D eigenvalue weighted by Gasteiger charge is 2.58. The van der Waals surface area contributed by atoms with Gasteiger partial charge in [-0.2, -0.15) is 5.06 Å². The standard InChI is InChI=1S/C23H24FN3O5/c1-26-22(29)19-20(15-4-3-5-17(12-15)31-2)27(32-21(19)23(26)30)13-18(28)25-11-10-14-6-8-16(24)9-7-14/h3-9,12,19-21H,10-11,13H2,1-2H3,(H,25,28). The number of likely N-dealkylation sites (N-methyl/N-ethyl adjacent to an activating group) is 1. The zero-order chi connectivity index (χ0) is 22.8. The van der Waals surface area contributed by atoms with Gasteiger partial charge in [-0.1, -0.05) is 24.3 Å². The smallest absolute Gasteiger partial charge is 0.261 e. The zero-order valence-electron chi connectivity index (χ0n) is 17.8. The molecule has 3 atom stereocenters. The Bertz CT molecular complexity index is 1030. The number of fused-ring (bicyclic) bond motifs is 1. The number of hydrogen-bond acceptors (Lipinski definition) is 6. The van der Waals surface area contributed by atoms with Crippen LogP contribution in [0, 0.1) is 11.7 Å². The van der Waals surface area contributed by atoms with Gasteiger partial charge in [-0.25, -0.2) is 4.39 Å². The lowest BCUT2D eigenvalue weighted by molar-refractivity contribution is -0.181. The van der Waals surface area contributed by atoms with E-state index in [1.807, 2.05) is 6.07 Å². The number of methoxy groups -OCH3 is 1. The predicted octanol–water partition coefficient (Wildman–Crippen LogP) is 1.46. The van der Waals surface area contributed by atoms with Crippen LogP contribution in [-0.4, -0.2) is 61.0 Å². The van der Waals surface area contributed by atoms with Crippen molar-refractivity contribution in [3.63, 3.8) is 0 Å². The Morgan fingerprint density at radius 2 is 1.91 bits per heavy atom. The van der Waals surface area contributed by atoms with E-state index in [0.29, 0.717) is 24.3 Å². The summed E-state index contributed by atoms with van der Waals surface area (Å²) in [6, 6.07) is 12.6. The van der Waals surface area contributed by atoms with Crippen LogP contribution >= 0.6 is 0 Å². The average molecular weight is 441 g/mol. The molecule has 3 amide bonds. The molecule has 0 saturated carbocycles. The van der Waals surface area contributed by atoms with Crippen LogP contribution in [0.15, 0.2) is 48.5 Å². The maximum atomic E-state index is 13.0. The largest absolute Gasteiger partial charge is 0.497 e. The van der Waals surface area contributed by atoms with Crippen molar-refractivity contribution < 1.29 is 28.3 Å². The van der Waals surface area contributed by atoms with Gasteiger partial charge in [0.1, 0.15) is 18.1 Å². The molecule has 4 rings (SSSR count). The normalized spacial score (nSPS) is 22.8. The molecule has 2 heterocycles. The van der Waals surface area contributed by atoms with Crippen LogP contribution in [0.2, 0.25) is 0 Å². The molecule has 0 spiro atoms. The predicted molar refractivity (Wildman–Crippen MR) is 112 cm³/mol. The number of imide groups is 1. The van der Waals surface area contributed by atoms with E-state index in [2.05, 4.69) is 5.32 Å². The summed E-state index contributed by atoms with van der Waals surface area (Å²) >= 11 is 0. The Kier molecular flexibility index (Phi) is 6.20. The highest BCUT2D eigenvalue weighted by Crippen LogP contribution is 2.44. The maximum Gasteiger partial charge on any atom is 0.261 e. The molecule has 2 fully saturated rings. The van der Waals surface area contributed by atoms with E-state index in [0.717, 1.165) is 10.5 Å². The number of nitrogens with one attached hydrogen (secondary N) is 1. The topological polar surface area (TPSA) is 88.2 Å². The Morgan fingerprint density at radius 1 is 1.16 bits per heavy atom. The molecule has 0 radical (unpaired) electrons. The van der Waals surface area contributed by atoms with Crippen molar-refractivity contribution in [1.82, 2.24) is 15.3 Å². The Morgan fingerprint density at radius 3 is 2.62 bits per heavy atom. The molecule has 3 unspecified atom stereocenters. The van der Waals surface area contributed by atoms with E-state index in [4.69, 9.17) is 9.57 Å². The zero-order valence-corrected chi connectivity index (χ0v) is 17.8. The van der Waals surface area contributed by atoms with Gasteiger partial charge in [-0.3, -0.25) is 24.1 Å². The molecule has 1 N–H and O–H groups in total. The molecule has 0 bridgehead atoms. The van der Waals surface area contributed by atoms with Crippen LogP contribution < -0.4 is 10.1 Å².